The Balaban J connectivity index is 2.95. The molecule has 0 saturated carbocycles. The zero-order chi connectivity index (χ0) is 12.9. The number of hydrogen-bond acceptors (Lipinski definition) is 3. The first-order valence-electron chi connectivity index (χ1n) is 5.33. The third kappa shape index (κ3) is 3.39. The van der Waals surface area contributed by atoms with Crippen LogP contribution >= 0.6 is 0 Å². The fourth-order valence-electron chi connectivity index (χ4n) is 1.44. The summed E-state index contributed by atoms with van der Waals surface area (Å²) >= 11 is 0. The molecule has 0 aliphatic heterocycles. The van der Waals surface area contributed by atoms with Crippen LogP contribution in [0.2, 0.25) is 0 Å². The molecule has 0 radical (unpaired) electrons. The van der Waals surface area contributed by atoms with Gasteiger partial charge < -0.3 is 5.32 Å². The van der Waals surface area contributed by atoms with Crippen LogP contribution in [0.3, 0.4) is 0 Å². The SMILES string of the molecule is C=CCN(C)S(=O)(=O)c1ccc(CNC)cc1. The molecule has 0 aliphatic rings. The van der Waals surface area contributed by atoms with E-state index in [1.165, 1.54) is 4.31 Å². The number of nitrogens with one attached hydrogen (secondary N) is 1. The standard InChI is InChI=1S/C12H18N2O2S/c1-4-9-14(3)17(15,16)12-7-5-11(6-8-12)10-13-2/h4-8,13H,1,9-10H2,2-3H3. The Bertz CT molecular complexity index is 466. The van der Waals surface area contributed by atoms with E-state index in [0.717, 1.165) is 12.1 Å². The minimum Gasteiger partial charge on any atom is -0.316 e. The van der Waals surface area contributed by atoms with Gasteiger partial charge in [0.2, 0.25) is 10.0 Å². The van der Waals surface area contributed by atoms with Crippen molar-refractivity contribution >= 4 is 10.0 Å². The predicted octanol–water partition coefficient (Wildman–Crippen LogP) is 1.21. The summed E-state index contributed by atoms with van der Waals surface area (Å²) in [4.78, 5) is 0.307. The predicted molar refractivity (Wildman–Crippen MR) is 69.2 cm³/mol. The number of nitrogens with zero attached hydrogens (tertiary/aromatic N) is 1. The van der Waals surface area contributed by atoms with E-state index >= 15 is 0 Å². The third-order valence-electron chi connectivity index (χ3n) is 2.40. The Morgan fingerprint density at radius 3 is 2.41 bits per heavy atom. The molecule has 0 saturated heterocycles. The number of likely N-dealkylation sites (N-methyl/N-ethyl adjacent to an activating group) is 1. The fraction of sp³-hybridized carbons (Fsp3) is 0.333. The molecule has 0 unspecified atom stereocenters. The average molecular weight is 254 g/mol. The monoisotopic (exact) mass is 254 g/mol. The van der Waals surface area contributed by atoms with Gasteiger partial charge in [-0.1, -0.05) is 18.2 Å². The number of hydrogen-bond donors (Lipinski definition) is 1. The molecule has 0 atom stereocenters. The second-order valence-corrected chi connectivity index (χ2v) is 5.79. The van der Waals surface area contributed by atoms with E-state index in [2.05, 4.69) is 11.9 Å². The van der Waals surface area contributed by atoms with Gasteiger partial charge in [0.05, 0.1) is 4.90 Å². The van der Waals surface area contributed by atoms with Crippen LogP contribution in [0.4, 0.5) is 0 Å². The summed E-state index contributed by atoms with van der Waals surface area (Å²) in [7, 11) is -0.00124. The zero-order valence-electron chi connectivity index (χ0n) is 10.2. The molecular formula is C12H18N2O2S. The van der Waals surface area contributed by atoms with Gasteiger partial charge in [-0.2, -0.15) is 4.31 Å². The molecular weight excluding hydrogens is 236 g/mol. The summed E-state index contributed by atoms with van der Waals surface area (Å²) in [5, 5.41) is 3.01. The first-order chi connectivity index (χ1) is 8.02. The maximum Gasteiger partial charge on any atom is 0.243 e. The Kier molecular flexibility index (Phi) is 4.86. The van der Waals surface area contributed by atoms with Crippen LogP contribution in [0.5, 0.6) is 0 Å². The van der Waals surface area contributed by atoms with Crippen LogP contribution in [0, 0.1) is 0 Å². The van der Waals surface area contributed by atoms with Crippen LogP contribution in [0.1, 0.15) is 5.56 Å². The van der Waals surface area contributed by atoms with Crippen molar-refractivity contribution in [1.82, 2.24) is 9.62 Å². The van der Waals surface area contributed by atoms with Crippen molar-refractivity contribution in [3.05, 3.63) is 42.5 Å². The number of sulfonamides is 1. The summed E-state index contributed by atoms with van der Waals surface area (Å²) in [6.07, 6.45) is 1.56. The highest BCUT2D eigenvalue weighted by Crippen LogP contribution is 2.14. The number of rotatable bonds is 6. The molecule has 0 aromatic heterocycles. The van der Waals surface area contributed by atoms with E-state index in [-0.39, 0.29) is 0 Å². The Morgan fingerprint density at radius 2 is 1.94 bits per heavy atom. The number of benzene rings is 1. The van der Waals surface area contributed by atoms with Crippen molar-refractivity contribution in [3.8, 4) is 0 Å². The van der Waals surface area contributed by atoms with Crippen LogP contribution < -0.4 is 5.32 Å². The molecule has 5 heteroatoms. The van der Waals surface area contributed by atoms with Crippen molar-refractivity contribution in [3.63, 3.8) is 0 Å². The first kappa shape index (κ1) is 13.9. The summed E-state index contributed by atoms with van der Waals surface area (Å²) in [6.45, 7) is 4.56. The van der Waals surface area contributed by atoms with Crippen molar-refractivity contribution in [2.75, 3.05) is 20.6 Å². The maximum atomic E-state index is 12.1. The maximum absolute atomic E-state index is 12.1. The van der Waals surface area contributed by atoms with Gasteiger partial charge in [-0.05, 0) is 24.7 Å². The van der Waals surface area contributed by atoms with E-state index in [4.69, 9.17) is 0 Å². The van der Waals surface area contributed by atoms with Crippen molar-refractivity contribution in [2.24, 2.45) is 0 Å². The highest BCUT2D eigenvalue weighted by atomic mass is 32.2. The quantitative estimate of drug-likeness (QED) is 0.776. The minimum atomic E-state index is -3.39. The van der Waals surface area contributed by atoms with Gasteiger partial charge in [-0.25, -0.2) is 8.42 Å². The summed E-state index contributed by atoms with van der Waals surface area (Å²) in [6, 6.07) is 6.87. The molecule has 0 fully saturated rings. The second kappa shape index (κ2) is 5.95. The van der Waals surface area contributed by atoms with E-state index in [9.17, 15) is 8.42 Å². The van der Waals surface area contributed by atoms with Crippen LogP contribution in [-0.2, 0) is 16.6 Å². The normalized spacial score (nSPS) is 11.7. The van der Waals surface area contributed by atoms with Gasteiger partial charge in [0.25, 0.3) is 0 Å². The van der Waals surface area contributed by atoms with Crippen LogP contribution in [-0.4, -0.2) is 33.4 Å². The van der Waals surface area contributed by atoms with Crippen molar-refractivity contribution in [2.45, 2.75) is 11.4 Å². The summed E-state index contributed by atoms with van der Waals surface area (Å²) in [5.41, 5.74) is 1.05. The molecule has 94 valence electrons. The lowest BCUT2D eigenvalue weighted by molar-refractivity contribution is 0.499. The fourth-order valence-corrected chi connectivity index (χ4v) is 2.58. The van der Waals surface area contributed by atoms with Crippen LogP contribution in [0.25, 0.3) is 0 Å². The second-order valence-electron chi connectivity index (χ2n) is 3.75. The van der Waals surface area contributed by atoms with E-state index < -0.39 is 10.0 Å². The zero-order valence-corrected chi connectivity index (χ0v) is 11.0. The first-order valence-corrected chi connectivity index (χ1v) is 6.77. The van der Waals surface area contributed by atoms with Crippen molar-refractivity contribution < 1.29 is 8.42 Å². The molecule has 17 heavy (non-hydrogen) atoms. The molecule has 1 N–H and O–H groups in total. The Labute approximate surface area is 103 Å². The van der Waals surface area contributed by atoms with Crippen LogP contribution in [0.15, 0.2) is 41.8 Å². The molecule has 0 heterocycles. The van der Waals surface area contributed by atoms with E-state index in [1.54, 1.807) is 25.3 Å². The Morgan fingerprint density at radius 1 is 1.35 bits per heavy atom. The lowest BCUT2D eigenvalue weighted by Gasteiger charge is -2.15. The molecule has 0 amide bonds. The molecule has 0 bridgehead atoms. The molecule has 0 aliphatic carbocycles. The smallest absolute Gasteiger partial charge is 0.243 e. The topological polar surface area (TPSA) is 49.4 Å². The molecule has 0 spiro atoms. The average Bonchev–Trinajstić information content (AvgIpc) is 2.30. The van der Waals surface area contributed by atoms with E-state index in [1.807, 2.05) is 19.2 Å². The van der Waals surface area contributed by atoms with Gasteiger partial charge in [0.1, 0.15) is 0 Å². The largest absolute Gasteiger partial charge is 0.316 e. The summed E-state index contributed by atoms with van der Waals surface area (Å²) < 4.78 is 25.4. The Hall–Kier alpha value is -1.17. The van der Waals surface area contributed by atoms with Gasteiger partial charge >= 0.3 is 0 Å². The third-order valence-corrected chi connectivity index (χ3v) is 4.24. The lowest BCUT2D eigenvalue weighted by atomic mass is 10.2. The summed E-state index contributed by atoms with van der Waals surface area (Å²) in [5.74, 6) is 0. The molecule has 4 nitrogen and oxygen atoms in total. The van der Waals surface area contributed by atoms with Crippen molar-refractivity contribution in [1.29, 1.82) is 0 Å². The molecule has 1 aromatic carbocycles. The molecule has 1 rings (SSSR count). The molecule has 1 aromatic rings. The highest BCUT2D eigenvalue weighted by Gasteiger charge is 2.18. The lowest BCUT2D eigenvalue weighted by Crippen LogP contribution is -2.26. The van der Waals surface area contributed by atoms with Gasteiger partial charge in [-0.15, -0.1) is 6.58 Å². The minimum absolute atomic E-state index is 0.306. The highest BCUT2D eigenvalue weighted by molar-refractivity contribution is 7.89. The van der Waals surface area contributed by atoms with Gasteiger partial charge in [0, 0.05) is 20.1 Å². The van der Waals surface area contributed by atoms with E-state index in [0.29, 0.717) is 11.4 Å². The van der Waals surface area contributed by atoms with Gasteiger partial charge in [-0.3, -0.25) is 0 Å². The van der Waals surface area contributed by atoms with Gasteiger partial charge in [0.15, 0.2) is 0 Å².